The Morgan fingerprint density at radius 3 is 2.41 bits per heavy atom. The van der Waals surface area contributed by atoms with E-state index in [-0.39, 0.29) is 10.6 Å². The summed E-state index contributed by atoms with van der Waals surface area (Å²) >= 11 is 4.38. The largest absolute Gasteiger partial charge is 0.325 e. The average molecular weight is 493 g/mol. The van der Waals surface area contributed by atoms with Crippen molar-refractivity contribution < 1.29 is 13.2 Å². The number of anilines is 1. The molecule has 2 aromatic carbocycles. The summed E-state index contributed by atoms with van der Waals surface area (Å²) in [5, 5.41) is 2.84. The molecule has 5 nitrogen and oxygen atoms in total. The van der Waals surface area contributed by atoms with Crippen LogP contribution in [0.1, 0.15) is 18.1 Å². The maximum absolute atomic E-state index is 13.0. The molecule has 8 heteroatoms. The third-order valence-corrected chi connectivity index (χ3v) is 7.90. The summed E-state index contributed by atoms with van der Waals surface area (Å²) in [5.41, 5.74) is 2.60. The summed E-state index contributed by atoms with van der Waals surface area (Å²) in [7, 11) is -3.83. The molecule has 152 valence electrons. The van der Waals surface area contributed by atoms with Gasteiger partial charge in [0, 0.05) is 5.69 Å². The van der Waals surface area contributed by atoms with Crippen LogP contribution in [0.5, 0.6) is 0 Å². The van der Waals surface area contributed by atoms with Gasteiger partial charge in [0.1, 0.15) is 10.3 Å². The van der Waals surface area contributed by atoms with Crippen LogP contribution in [-0.2, 0) is 27.7 Å². The van der Waals surface area contributed by atoms with Crippen LogP contribution in [0.4, 0.5) is 5.69 Å². The first-order chi connectivity index (χ1) is 13.9. The molecule has 1 unspecified atom stereocenters. The molecule has 3 rings (SSSR count). The molecule has 0 aliphatic carbocycles. The standard InChI is InChI=1S/C21H21BrN2O3S2/c1-2-15-9-6-10-17(13-15)23-21(25)18(14-16-7-4-3-5-8-16)24-29(26,27)20-12-11-19(22)28-20/h3-13,18,24H,2,14H2,1H3,(H,23,25). The van der Waals surface area contributed by atoms with Gasteiger partial charge in [0.25, 0.3) is 10.0 Å². The fourth-order valence-electron chi connectivity index (χ4n) is 2.82. The van der Waals surface area contributed by atoms with Crippen LogP contribution in [-0.4, -0.2) is 20.4 Å². The lowest BCUT2D eigenvalue weighted by Crippen LogP contribution is -2.45. The van der Waals surface area contributed by atoms with Gasteiger partial charge in [0.05, 0.1) is 3.79 Å². The lowest BCUT2D eigenvalue weighted by molar-refractivity contribution is -0.117. The molecule has 0 fully saturated rings. The third kappa shape index (κ3) is 5.99. The van der Waals surface area contributed by atoms with Gasteiger partial charge < -0.3 is 5.32 Å². The van der Waals surface area contributed by atoms with Crippen molar-refractivity contribution in [2.45, 2.75) is 30.0 Å². The summed E-state index contributed by atoms with van der Waals surface area (Å²) in [4.78, 5) is 13.0. The van der Waals surface area contributed by atoms with Gasteiger partial charge in [-0.2, -0.15) is 4.72 Å². The molecule has 0 saturated heterocycles. The molecule has 1 atom stereocenters. The minimum atomic E-state index is -3.83. The summed E-state index contributed by atoms with van der Waals surface area (Å²) in [6, 6.07) is 19.1. The molecule has 1 heterocycles. The van der Waals surface area contributed by atoms with Gasteiger partial charge in [-0.25, -0.2) is 8.42 Å². The van der Waals surface area contributed by atoms with Gasteiger partial charge in [-0.15, -0.1) is 11.3 Å². The highest BCUT2D eigenvalue weighted by atomic mass is 79.9. The van der Waals surface area contributed by atoms with Crippen LogP contribution < -0.4 is 10.0 Å². The molecule has 1 amide bonds. The van der Waals surface area contributed by atoms with Gasteiger partial charge in [-0.3, -0.25) is 4.79 Å². The van der Waals surface area contributed by atoms with E-state index in [9.17, 15) is 13.2 Å². The predicted molar refractivity (Wildman–Crippen MR) is 121 cm³/mol. The Bertz CT molecular complexity index is 1080. The summed E-state index contributed by atoms with van der Waals surface area (Å²) in [5.74, 6) is -0.402. The van der Waals surface area contributed by atoms with Crippen LogP contribution >= 0.6 is 27.3 Å². The fraction of sp³-hybridized carbons (Fsp3) is 0.190. The van der Waals surface area contributed by atoms with Crippen molar-refractivity contribution in [1.82, 2.24) is 4.72 Å². The maximum atomic E-state index is 13.0. The van der Waals surface area contributed by atoms with Gasteiger partial charge in [-0.1, -0.05) is 49.4 Å². The predicted octanol–water partition coefficient (Wildman–Crippen LogP) is 4.60. The first-order valence-corrected chi connectivity index (χ1v) is 12.2. The zero-order valence-corrected chi connectivity index (χ0v) is 19.0. The van der Waals surface area contributed by atoms with Crippen LogP contribution in [0.2, 0.25) is 0 Å². The van der Waals surface area contributed by atoms with E-state index in [1.54, 1.807) is 12.1 Å². The van der Waals surface area contributed by atoms with E-state index in [0.717, 1.165) is 28.9 Å². The highest BCUT2D eigenvalue weighted by molar-refractivity contribution is 9.11. The Hall–Kier alpha value is -2.00. The lowest BCUT2D eigenvalue weighted by Gasteiger charge is -2.18. The first-order valence-electron chi connectivity index (χ1n) is 9.09. The fourth-order valence-corrected chi connectivity index (χ4v) is 6.05. The second kappa shape index (κ2) is 9.67. The Morgan fingerprint density at radius 2 is 1.76 bits per heavy atom. The van der Waals surface area contributed by atoms with Crippen molar-refractivity contribution in [2.24, 2.45) is 0 Å². The van der Waals surface area contributed by atoms with Gasteiger partial charge in [0.15, 0.2) is 0 Å². The average Bonchev–Trinajstić information content (AvgIpc) is 3.15. The van der Waals surface area contributed by atoms with Crippen LogP contribution in [0.3, 0.4) is 0 Å². The van der Waals surface area contributed by atoms with Crippen molar-refractivity contribution in [3.8, 4) is 0 Å². The van der Waals surface area contributed by atoms with Crippen LogP contribution in [0, 0.1) is 0 Å². The van der Waals surface area contributed by atoms with Gasteiger partial charge in [-0.05, 0) is 64.2 Å². The van der Waals surface area contributed by atoms with Crippen molar-refractivity contribution in [3.05, 3.63) is 81.6 Å². The number of thiophene rings is 1. The van der Waals surface area contributed by atoms with Crippen molar-refractivity contribution in [1.29, 1.82) is 0 Å². The number of halogens is 1. The summed E-state index contributed by atoms with van der Waals surface area (Å²) < 4.78 is 29.0. The number of carbonyl (C=O) groups is 1. The molecule has 0 spiro atoms. The smallest absolute Gasteiger partial charge is 0.250 e. The maximum Gasteiger partial charge on any atom is 0.250 e. The zero-order chi connectivity index (χ0) is 20.9. The van der Waals surface area contributed by atoms with Crippen molar-refractivity contribution in [2.75, 3.05) is 5.32 Å². The number of amides is 1. The van der Waals surface area contributed by atoms with E-state index >= 15 is 0 Å². The highest BCUT2D eigenvalue weighted by Gasteiger charge is 2.27. The Kier molecular flexibility index (Phi) is 7.23. The molecule has 0 saturated carbocycles. The third-order valence-electron chi connectivity index (χ3n) is 4.31. The normalized spacial score (nSPS) is 12.5. The topological polar surface area (TPSA) is 75.3 Å². The van der Waals surface area contributed by atoms with E-state index in [1.807, 2.05) is 55.5 Å². The number of rotatable bonds is 8. The molecule has 0 bridgehead atoms. The number of hydrogen-bond donors (Lipinski definition) is 2. The quantitative estimate of drug-likeness (QED) is 0.482. The Morgan fingerprint density at radius 1 is 1.03 bits per heavy atom. The van der Waals surface area contributed by atoms with Crippen molar-refractivity contribution in [3.63, 3.8) is 0 Å². The second-order valence-electron chi connectivity index (χ2n) is 6.47. The molecular formula is C21H21BrN2O3S2. The molecule has 0 aliphatic rings. The van der Waals surface area contributed by atoms with E-state index in [0.29, 0.717) is 9.47 Å². The summed E-state index contributed by atoms with van der Waals surface area (Å²) in [6.45, 7) is 2.03. The van der Waals surface area contributed by atoms with Crippen LogP contribution in [0.15, 0.2) is 74.7 Å². The number of aryl methyl sites for hydroxylation is 1. The zero-order valence-electron chi connectivity index (χ0n) is 15.8. The van der Waals surface area contributed by atoms with E-state index in [1.165, 1.54) is 6.07 Å². The molecule has 3 aromatic rings. The highest BCUT2D eigenvalue weighted by Crippen LogP contribution is 2.26. The minimum Gasteiger partial charge on any atom is -0.325 e. The minimum absolute atomic E-state index is 0.156. The van der Waals surface area contributed by atoms with Crippen LogP contribution in [0.25, 0.3) is 0 Å². The number of sulfonamides is 1. The monoisotopic (exact) mass is 492 g/mol. The SMILES string of the molecule is CCc1cccc(NC(=O)C(Cc2ccccc2)NS(=O)(=O)c2ccc(Br)s2)c1. The van der Waals surface area contributed by atoms with Gasteiger partial charge in [0.2, 0.25) is 5.91 Å². The Labute approximate surface area is 183 Å². The van der Waals surface area contributed by atoms with E-state index in [2.05, 4.69) is 26.0 Å². The lowest BCUT2D eigenvalue weighted by atomic mass is 10.1. The molecule has 1 aromatic heterocycles. The molecule has 29 heavy (non-hydrogen) atoms. The molecular weight excluding hydrogens is 472 g/mol. The Balaban J connectivity index is 1.84. The number of nitrogens with one attached hydrogen (secondary N) is 2. The molecule has 0 aliphatic heterocycles. The molecule has 0 radical (unpaired) electrons. The number of hydrogen-bond acceptors (Lipinski definition) is 4. The van der Waals surface area contributed by atoms with E-state index < -0.39 is 22.0 Å². The second-order valence-corrected chi connectivity index (χ2v) is 10.9. The summed E-state index contributed by atoms with van der Waals surface area (Å²) in [6.07, 6.45) is 1.09. The number of benzene rings is 2. The molecule has 2 N–H and O–H groups in total. The van der Waals surface area contributed by atoms with Gasteiger partial charge >= 0.3 is 0 Å². The first kappa shape index (κ1) is 21.7. The van der Waals surface area contributed by atoms with Crippen molar-refractivity contribution >= 4 is 48.9 Å². The van der Waals surface area contributed by atoms with E-state index in [4.69, 9.17) is 0 Å². The number of carbonyl (C=O) groups excluding carboxylic acids is 1.